The van der Waals surface area contributed by atoms with Gasteiger partial charge in [0.25, 0.3) is 5.91 Å². The van der Waals surface area contributed by atoms with Crippen LogP contribution in [0.4, 0.5) is 11.4 Å². The molecule has 1 heterocycles. The smallest absolute Gasteiger partial charge is 0.257 e. The maximum absolute atomic E-state index is 12.7. The van der Waals surface area contributed by atoms with Crippen LogP contribution < -0.4 is 20.3 Å². The number of rotatable bonds is 5. The number of hydrogen-bond donors (Lipinski definition) is 2. The molecule has 11 heteroatoms. The fourth-order valence-electron chi connectivity index (χ4n) is 3.52. The van der Waals surface area contributed by atoms with Crippen LogP contribution in [-0.4, -0.2) is 55.1 Å². The second kappa shape index (κ2) is 11.2. The van der Waals surface area contributed by atoms with Crippen LogP contribution in [0.5, 0.6) is 5.75 Å². The number of anilines is 2. The van der Waals surface area contributed by atoms with Gasteiger partial charge in [0.1, 0.15) is 0 Å². The van der Waals surface area contributed by atoms with Crippen molar-refractivity contribution in [3.8, 4) is 5.75 Å². The predicted molar refractivity (Wildman–Crippen MR) is 137 cm³/mol. The molecular formula is C22H23Cl3N4O3S. The molecule has 0 spiro atoms. The number of nitrogens with zero attached hydrogens (tertiary/aromatic N) is 2. The quantitative estimate of drug-likeness (QED) is 0.540. The van der Waals surface area contributed by atoms with Gasteiger partial charge in [-0.2, -0.15) is 0 Å². The van der Waals surface area contributed by atoms with Crippen LogP contribution in [0.3, 0.4) is 0 Å². The van der Waals surface area contributed by atoms with Crippen LogP contribution in [0.15, 0.2) is 30.3 Å². The summed E-state index contributed by atoms with van der Waals surface area (Å²) in [5.74, 6) is -0.0409. The van der Waals surface area contributed by atoms with E-state index in [4.69, 9.17) is 51.8 Å². The van der Waals surface area contributed by atoms with Gasteiger partial charge in [0.05, 0.1) is 28.5 Å². The van der Waals surface area contributed by atoms with Gasteiger partial charge in [-0.3, -0.25) is 14.9 Å². The van der Waals surface area contributed by atoms with Crippen LogP contribution >= 0.6 is 47.0 Å². The fraction of sp³-hybridized carbons (Fsp3) is 0.318. The molecule has 0 unspecified atom stereocenters. The summed E-state index contributed by atoms with van der Waals surface area (Å²) in [5, 5.41) is 6.71. The summed E-state index contributed by atoms with van der Waals surface area (Å²) in [6.07, 6.45) is 0.492. The van der Waals surface area contributed by atoms with E-state index in [0.717, 1.165) is 5.69 Å². The number of benzene rings is 2. The molecule has 0 saturated carbocycles. The Labute approximate surface area is 212 Å². The number of thiocarbonyl (C=S) groups is 1. The average Bonchev–Trinajstić information content (AvgIpc) is 2.78. The summed E-state index contributed by atoms with van der Waals surface area (Å²) in [4.78, 5) is 28.6. The van der Waals surface area contributed by atoms with Gasteiger partial charge in [-0.05, 0) is 42.5 Å². The Morgan fingerprint density at radius 3 is 2.27 bits per heavy atom. The van der Waals surface area contributed by atoms with Gasteiger partial charge in [-0.15, -0.1) is 0 Å². The minimum Gasteiger partial charge on any atom is -0.494 e. The number of amides is 2. The van der Waals surface area contributed by atoms with Crippen molar-refractivity contribution in [1.29, 1.82) is 0 Å². The summed E-state index contributed by atoms with van der Waals surface area (Å²) in [6.45, 7) is 4.47. The van der Waals surface area contributed by atoms with E-state index in [1.54, 1.807) is 12.1 Å². The molecular weight excluding hydrogens is 507 g/mol. The zero-order valence-corrected chi connectivity index (χ0v) is 21.2. The van der Waals surface area contributed by atoms with Gasteiger partial charge < -0.3 is 19.9 Å². The number of nitrogens with one attached hydrogen (secondary N) is 2. The van der Waals surface area contributed by atoms with E-state index in [1.807, 2.05) is 17.9 Å². The van der Waals surface area contributed by atoms with Crippen molar-refractivity contribution >= 4 is 75.3 Å². The summed E-state index contributed by atoms with van der Waals surface area (Å²) >= 11 is 23.8. The Bertz CT molecular complexity index is 1050. The highest BCUT2D eigenvalue weighted by atomic mass is 35.5. The molecule has 2 N–H and O–H groups in total. The molecule has 176 valence electrons. The SMILES string of the molecule is CCC(=O)N1CCN(c2ccc(Cl)cc2NC(=S)NC(=O)c2cc(Cl)c(OC)c(Cl)c2)CC1. The molecule has 1 aliphatic heterocycles. The maximum atomic E-state index is 12.7. The van der Waals surface area contributed by atoms with E-state index < -0.39 is 5.91 Å². The van der Waals surface area contributed by atoms with Gasteiger partial charge in [0.2, 0.25) is 5.91 Å². The van der Waals surface area contributed by atoms with Crippen LogP contribution in [-0.2, 0) is 4.79 Å². The van der Waals surface area contributed by atoms with E-state index >= 15 is 0 Å². The number of piperazine rings is 1. The molecule has 1 fully saturated rings. The summed E-state index contributed by atoms with van der Waals surface area (Å²) in [5.41, 5.74) is 1.75. The summed E-state index contributed by atoms with van der Waals surface area (Å²) in [7, 11) is 1.44. The molecule has 2 aromatic rings. The molecule has 0 bridgehead atoms. The van der Waals surface area contributed by atoms with Crippen molar-refractivity contribution in [3.05, 3.63) is 51.0 Å². The normalized spacial score (nSPS) is 13.5. The minimum absolute atomic E-state index is 0.0892. The van der Waals surface area contributed by atoms with Gasteiger partial charge in [-0.1, -0.05) is 41.7 Å². The predicted octanol–water partition coefficient (Wildman–Crippen LogP) is 4.84. The molecule has 1 aliphatic rings. The molecule has 7 nitrogen and oxygen atoms in total. The Morgan fingerprint density at radius 1 is 1.06 bits per heavy atom. The van der Waals surface area contributed by atoms with Crippen molar-refractivity contribution in [1.82, 2.24) is 10.2 Å². The van der Waals surface area contributed by atoms with Crippen LogP contribution in [0.25, 0.3) is 0 Å². The molecule has 3 rings (SSSR count). The number of halogens is 3. The number of hydrogen-bond acceptors (Lipinski definition) is 5. The second-order valence-electron chi connectivity index (χ2n) is 7.26. The first-order chi connectivity index (χ1) is 15.7. The minimum atomic E-state index is -0.478. The van der Waals surface area contributed by atoms with E-state index in [2.05, 4.69) is 15.5 Å². The van der Waals surface area contributed by atoms with E-state index in [9.17, 15) is 9.59 Å². The number of carbonyl (C=O) groups excluding carboxylic acids is 2. The highest BCUT2D eigenvalue weighted by Crippen LogP contribution is 2.34. The Kier molecular flexibility index (Phi) is 8.64. The van der Waals surface area contributed by atoms with Crippen molar-refractivity contribution in [2.45, 2.75) is 13.3 Å². The van der Waals surface area contributed by atoms with Crippen molar-refractivity contribution < 1.29 is 14.3 Å². The number of carbonyl (C=O) groups is 2. The van der Waals surface area contributed by atoms with E-state index in [1.165, 1.54) is 19.2 Å². The number of methoxy groups -OCH3 is 1. The molecule has 0 atom stereocenters. The lowest BCUT2D eigenvalue weighted by atomic mass is 10.2. The average molecular weight is 530 g/mol. The van der Waals surface area contributed by atoms with Crippen molar-refractivity contribution in [3.63, 3.8) is 0 Å². The molecule has 1 saturated heterocycles. The van der Waals surface area contributed by atoms with Crippen molar-refractivity contribution in [2.75, 3.05) is 43.5 Å². The Morgan fingerprint density at radius 2 is 1.70 bits per heavy atom. The van der Waals surface area contributed by atoms with Crippen LogP contribution in [0, 0.1) is 0 Å². The topological polar surface area (TPSA) is 73.9 Å². The summed E-state index contributed by atoms with van der Waals surface area (Å²) < 4.78 is 5.11. The zero-order chi connectivity index (χ0) is 24.1. The largest absolute Gasteiger partial charge is 0.494 e. The van der Waals surface area contributed by atoms with Gasteiger partial charge in [-0.25, -0.2) is 0 Å². The summed E-state index contributed by atoms with van der Waals surface area (Å²) in [6, 6.07) is 8.31. The second-order valence-corrected chi connectivity index (χ2v) is 8.92. The molecule has 2 amide bonds. The lowest BCUT2D eigenvalue weighted by Crippen LogP contribution is -2.48. The van der Waals surface area contributed by atoms with Crippen LogP contribution in [0.1, 0.15) is 23.7 Å². The maximum Gasteiger partial charge on any atom is 0.257 e. The van der Waals surface area contributed by atoms with Gasteiger partial charge in [0.15, 0.2) is 10.9 Å². The van der Waals surface area contributed by atoms with Crippen molar-refractivity contribution in [2.24, 2.45) is 0 Å². The molecule has 2 aromatic carbocycles. The first kappa shape index (κ1) is 25.4. The van der Waals surface area contributed by atoms with Gasteiger partial charge >= 0.3 is 0 Å². The first-order valence-corrected chi connectivity index (χ1v) is 11.7. The first-order valence-electron chi connectivity index (χ1n) is 10.2. The van der Waals surface area contributed by atoms with Gasteiger partial charge in [0, 0.05) is 43.2 Å². The van der Waals surface area contributed by atoms with E-state index in [-0.39, 0.29) is 26.6 Å². The monoisotopic (exact) mass is 528 g/mol. The molecule has 0 aliphatic carbocycles. The zero-order valence-electron chi connectivity index (χ0n) is 18.1. The highest BCUT2D eigenvalue weighted by molar-refractivity contribution is 7.80. The molecule has 0 aromatic heterocycles. The lowest BCUT2D eigenvalue weighted by molar-refractivity contribution is -0.131. The third kappa shape index (κ3) is 6.20. The third-order valence-electron chi connectivity index (χ3n) is 5.17. The highest BCUT2D eigenvalue weighted by Gasteiger charge is 2.22. The van der Waals surface area contributed by atoms with E-state index in [0.29, 0.717) is 49.1 Å². The van der Waals surface area contributed by atoms with Crippen LogP contribution in [0.2, 0.25) is 15.1 Å². The Hall–Kier alpha value is -2.26. The standard InChI is InChI=1S/C22H23Cl3N4O3S/c1-3-19(30)29-8-6-28(7-9-29)18-5-4-14(23)12-17(18)26-22(33)27-21(31)13-10-15(24)20(32-2)16(25)11-13/h4-5,10-12H,3,6-9H2,1-2H3,(H2,26,27,31,33). The lowest BCUT2D eigenvalue weighted by Gasteiger charge is -2.37. The Balaban J connectivity index is 1.71. The fourth-order valence-corrected chi connectivity index (χ4v) is 4.54. The molecule has 33 heavy (non-hydrogen) atoms. The molecule has 0 radical (unpaired) electrons. The number of ether oxygens (including phenoxy) is 1. The third-order valence-corrected chi connectivity index (χ3v) is 6.17.